The van der Waals surface area contributed by atoms with E-state index >= 15 is 0 Å². The normalized spacial score (nSPS) is 12.9. The van der Waals surface area contributed by atoms with Crippen molar-refractivity contribution >= 4 is 5.97 Å². The van der Waals surface area contributed by atoms with Crippen LogP contribution in [-0.2, 0) is 4.79 Å². The molecule has 1 aromatic rings. The SMILES string of the molecule is NC(C(=O)O)c1ccno1. The number of hydrogen-bond donors (Lipinski definition) is 2. The summed E-state index contributed by atoms with van der Waals surface area (Å²) in [7, 11) is 0. The first-order chi connectivity index (χ1) is 4.72. The molecule has 5 nitrogen and oxygen atoms in total. The summed E-state index contributed by atoms with van der Waals surface area (Å²) in [5.41, 5.74) is 5.15. The molecule has 0 aromatic carbocycles. The summed E-state index contributed by atoms with van der Waals surface area (Å²) in [5.74, 6) is -0.968. The van der Waals surface area contributed by atoms with Gasteiger partial charge >= 0.3 is 5.97 Å². The van der Waals surface area contributed by atoms with Crippen LogP contribution >= 0.6 is 0 Å². The number of nitrogens with two attached hydrogens (primary N) is 1. The summed E-state index contributed by atoms with van der Waals surface area (Å²) < 4.78 is 4.50. The molecular formula is C5H6N2O3. The Bertz CT molecular complexity index is 219. The minimum Gasteiger partial charge on any atom is -0.480 e. The maximum Gasteiger partial charge on any atom is 0.328 e. The Hall–Kier alpha value is -1.36. The Morgan fingerprint density at radius 3 is 3.00 bits per heavy atom. The highest BCUT2D eigenvalue weighted by atomic mass is 16.5. The van der Waals surface area contributed by atoms with Gasteiger partial charge in [0.15, 0.2) is 11.8 Å². The summed E-state index contributed by atoms with van der Waals surface area (Å²) in [6.07, 6.45) is 1.35. The average Bonchev–Trinajstić information content (AvgIpc) is 2.36. The first kappa shape index (κ1) is 6.76. The molecule has 0 saturated heterocycles. The highest BCUT2D eigenvalue weighted by molar-refractivity contribution is 5.74. The highest BCUT2D eigenvalue weighted by Crippen LogP contribution is 2.07. The third-order valence-electron chi connectivity index (χ3n) is 1.03. The van der Waals surface area contributed by atoms with Crippen molar-refractivity contribution in [3.05, 3.63) is 18.0 Å². The maximum absolute atomic E-state index is 10.2. The minimum absolute atomic E-state index is 0.160. The molecule has 0 saturated carbocycles. The van der Waals surface area contributed by atoms with Crippen molar-refractivity contribution in [2.45, 2.75) is 6.04 Å². The standard InChI is InChI=1S/C5H6N2O3/c6-4(5(8)9)3-1-2-7-10-3/h1-2,4H,6H2,(H,8,9). The molecule has 0 fully saturated rings. The van der Waals surface area contributed by atoms with E-state index in [1.165, 1.54) is 12.3 Å². The molecule has 1 rings (SSSR count). The number of nitrogens with zero attached hydrogens (tertiary/aromatic N) is 1. The molecule has 3 N–H and O–H groups in total. The van der Waals surface area contributed by atoms with Crippen LogP contribution in [0.15, 0.2) is 16.8 Å². The molecule has 1 atom stereocenters. The Kier molecular flexibility index (Phi) is 1.68. The molecule has 54 valence electrons. The predicted octanol–water partition coefficient (Wildman–Crippen LogP) is -0.241. The van der Waals surface area contributed by atoms with Crippen molar-refractivity contribution in [1.29, 1.82) is 0 Å². The van der Waals surface area contributed by atoms with Crippen molar-refractivity contribution in [1.82, 2.24) is 5.16 Å². The molecule has 0 radical (unpaired) electrons. The van der Waals surface area contributed by atoms with Gasteiger partial charge in [0.25, 0.3) is 0 Å². The largest absolute Gasteiger partial charge is 0.480 e. The maximum atomic E-state index is 10.2. The third-order valence-corrected chi connectivity index (χ3v) is 1.03. The summed E-state index contributed by atoms with van der Waals surface area (Å²) in [6, 6.07) is 0.307. The molecule has 5 heteroatoms. The Morgan fingerprint density at radius 2 is 2.60 bits per heavy atom. The van der Waals surface area contributed by atoms with Gasteiger partial charge in [-0.2, -0.15) is 0 Å². The number of aromatic nitrogens is 1. The van der Waals surface area contributed by atoms with Crippen molar-refractivity contribution < 1.29 is 14.4 Å². The molecule has 1 unspecified atom stereocenters. The molecule has 0 aliphatic carbocycles. The molecule has 0 aliphatic heterocycles. The second-order valence-corrected chi connectivity index (χ2v) is 1.73. The molecule has 1 aromatic heterocycles. The van der Waals surface area contributed by atoms with Gasteiger partial charge in [0.1, 0.15) is 0 Å². The summed E-state index contributed by atoms with van der Waals surface area (Å²) in [5, 5.41) is 11.6. The Balaban J connectivity index is 2.77. The monoisotopic (exact) mass is 142 g/mol. The van der Waals surface area contributed by atoms with E-state index in [4.69, 9.17) is 10.8 Å². The van der Waals surface area contributed by atoms with E-state index in [-0.39, 0.29) is 5.76 Å². The third kappa shape index (κ3) is 1.14. The molecule has 1 heterocycles. The first-order valence-electron chi connectivity index (χ1n) is 2.61. The second kappa shape index (κ2) is 2.49. The van der Waals surface area contributed by atoms with Crippen LogP contribution in [0.1, 0.15) is 11.8 Å². The van der Waals surface area contributed by atoms with Crippen molar-refractivity contribution in [3.63, 3.8) is 0 Å². The van der Waals surface area contributed by atoms with Gasteiger partial charge in [-0.15, -0.1) is 0 Å². The minimum atomic E-state index is -1.13. The van der Waals surface area contributed by atoms with Crippen molar-refractivity contribution in [3.8, 4) is 0 Å². The van der Waals surface area contributed by atoms with Gasteiger partial charge in [0, 0.05) is 6.07 Å². The number of hydrogen-bond acceptors (Lipinski definition) is 4. The fourth-order valence-corrected chi connectivity index (χ4v) is 0.508. The van der Waals surface area contributed by atoms with Crippen LogP contribution in [0.5, 0.6) is 0 Å². The van der Waals surface area contributed by atoms with E-state index < -0.39 is 12.0 Å². The fraction of sp³-hybridized carbons (Fsp3) is 0.200. The van der Waals surface area contributed by atoms with E-state index in [1.807, 2.05) is 0 Å². The molecule has 0 amide bonds. The summed E-state index contributed by atoms with van der Waals surface area (Å²) in [4.78, 5) is 10.2. The molecular weight excluding hydrogens is 136 g/mol. The van der Waals surface area contributed by atoms with E-state index in [9.17, 15) is 4.79 Å². The van der Waals surface area contributed by atoms with E-state index in [0.717, 1.165) is 0 Å². The molecule has 0 bridgehead atoms. The van der Waals surface area contributed by atoms with Gasteiger partial charge < -0.3 is 15.4 Å². The fourth-order valence-electron chi connectivity index (χ4n) is 0.508. The zero-order valence-electron chi connectivity index (χ0n) is 5.02. The van der Waals surface area contributed by atoms with Gasteiger partial charge in [-0.3, -0.25) is 4.79 Å². The lowest BCUT2D eigenvalue weighted by Gasteiger charge is -1.97. The van der Waals surface area contributed by atoms with Gasteiger partial charge in [0.2, 0.25) is 0 Å². The van der Waals surface area contributed by atoms with Crippen LogP contribution in [-0.4, -0.2) is 16.2 Å². The quantitative estimate of drug-likeness (QED) is 0.594. The summed E-state index contributed by atoms with van der Waals surface area (Å²) in [6.45, 7) is 0. The molecule has 0 aliphatic rings. The molecule has 10 heavy (non-hydrogen) atoms. The van der Waals surface area contributed by atoms with Crippen LogP contribution < -0.4 is 5.73 Å². The Morgan fingerprint density at radius 1 is 1.90 bits per heavy atom. The van der Waals surface area contributed by atoms with Crippen LogP contribution in [0.3, 0.4) is 0 Å². The predicted molar refractivity (Wildman–Crippen MR) is 31.1 cm³/mol. The number of carboxylic acids is 1. The van der Waals surface area contributed by atoms with Gasteiger partial charge in [0.05, 0.1) is 6.20 Å². The van der Waals surface area contributed by atoms with Gasteiger partial charge in [-0.05, 0) is 0 Å². The van der Waals surface area contributed by atoms with E-state index in [0.29, 0.717) is 0 Å². The lowest BCUT2D eigenvalue weighted by Crippen LogP contribution is -2.19. The van der Waals surface area contributed by atoms with Crippen molar-refractivity contribution in [2.24, 2.45) is 5.73 Å². The zero-order chi connectivity index (χ0) is 7.56. The lowest BCUT2D eigenvalue weighted by atomic mass is 10.2. The van der Waals surface area contributed by atoms with Crippen LogP contribution in [0, 0.1) is 0 Å². The van der Waals surface area contributed by atoms with Crippen LogP contribution in [0.4, 0.5) is 0 Å². The van der Waals surface area contributed by atoms with Crippen LogP contribution in [0.25, 0.3) is 0 Å². The topological polar surface area (TPSA) is 89.4 Å². The van der Waals surface area contributed by atoms with Gasteiger partial charge in [-0.25, -0.2) is 0 Å². The van der Waals surface area contributed by atoms with Crippen molar-refractivity contribution in [2.75, 3.05) is 0 Å². The zero-order valence-corrected chi connectivity index (χ0v) is 5.02. The molecule has 0 spiro atoms. The number of carbonyl (C=O) groups is 1. The lowest BCUT2D eigenvalue weighted by molar-refractivity contribution is -0.139. The summed E-state index contributed by atoms with van der Waals surface area (Å²) >= 11 is 0. The average molecular weight is 142 g/mol. The Labute approximate surface area is 56.4 Å². The van der Waals surface area contributed by atoms with Crippen LogP contribution in [0.2, 0.25) is 0 Å². The number of aliphatic carboxylic acids is 1. The number of carboxylic acid groups (broad SMARTS) is 1. The van der Waals surface area contributed by atoms with E-state index in [1.54, 1.807) is 0 Å². The second-order valence-electron chi connectivity index (χ2n) is 1.73. The first-order valence-corrected chi connectivity index (χ1v) is 2.61. The highest BCUT2D eigenvalue weighted by Gasteiger charge is 2.16. The van der Waals surface area contributed by atoms with E-state index in [2.05, 4.69) is 9.68 Å². The van der Waals surface area contributed by atoms with Gasteiger partial charge in [-0.1, -0.05) is 5.16 Å². The number of rotatable bonds is 2. The smallest absolute Gasteiger partial charge is 0.328 e.